The number of alkyl halides is 3. The van der Waals surface area contributed by atoms with E-state index in [4.69, 9.17) is 0 Å². The molecular formula is C12H12F3NO4. The number of carbonyl (C=O) groups is 1. The van der Waals surface area contributed by atoms with Crippen LogP contribution in [0.5, 0.6) is 11.5 Å². The summed E-state index contributed by atoms with van der Waals surface area (Å²) in [5.74, 6) is -1.93. The van der Waals surface area contributed by atoms with Gasteiger partial charge < -0.3 is 19.8 Å². The lowest BCUT2D eigenvalue weighted by atomic mass is 10.1. The molecule has 1 atom stereocenters. The molecule has 0 spiro atoms. The predicted octanol–water partition coefficient (Wildman–Crippen LogP) is 1.50. The quantitative estimate of drug-likeness (QED) is 0.769. The van der Waals surface area contributed by atoms with Crippen molar-refractivity contribution < 1.29 is 32.9 Å². The fourth-order valence-corrected chi connectivity index (χ4v) is 1.91. The molecule has 1 aliphatic heterocycles. The number of phenolic OH excluding ortho intramolecular Hbond substituents is 2. The second-order valence-electron chi connectivity index (χ2n) is 4.33. The van der Waals surface area contributed by atoms with E-state index in [0.717, 1.165) is 4.90 Å². The van der Waals surface area contributed by atoms with Crippen molar-refractivity contribution in [2.24, 2.45) is 0 Å². The average Bonchev–Trinajstić information content (AvgIpc) is 2.40. The molecule has 0 aromatic heterocycles. The van der Waals surface area contributed by atoms with E-state index in [1.165, 1.54) is 18.2 Å². The van der Waals surface area contributed by atoms with Gasteiger partial charge in [0.1, 0.15) is 0 Å². The Hall–Kier alpha value is -1.96. The van der Waals surface area contributed by atoms with Crippen LogP contribution in [0, 0.1) is 0 Å². The van der Waals surface area contributed by atoms with E-state index >= 15 is 0 Å². The number of para-hydroxylation sites is 1. The highest BCUT2D eigenvalue weighted by atomic mass is 19.4. The third-order valence-corrected chi connectivity index (χ3v) is 2.96. The third kappa shape index (κ3) is 2.79. The number of morpholine rings is 1. The molecule has 1 saturated heterocycles. The summed E-state index contributed by atoms with van der Waals surface area (Å²) in [4.78, 5) is 13.0. The maximum Gasteiger partial charge on any atom is 0.416 e. The lowest BCUT2D eigenvalue weighted by Gasteiger charge is -2.33. The van der Waals surface area contributed by atoms with Gasteiger partial charge in [0.2, 0.25) is 0 Å². The summed E-state index contributed by atoms with van der Waals surface area (Å²) in [5.41, 5.74) is -0.243. The Labute approximate surface area is 112 Å². The summed E-state index contributed by atoms with van der Waals surface area (Å²) < 4.78 is 42.3. The van der Waals surface area contributed by atoms with Crippen molar-refractivity contribution in [3.63, 3.8) is 0 Å². The summed E-state index contributed by atoms with van der Waals surface area (Å²) in [6.07, 6.45) is -6.60. The van der Waals surface area contributed by atoms with Crippen LogP contribution in [0.2, 0.25) is 0 Å². The largest absolute Gasteiger partial charge is 0.504 e. The highest BCUT2D eigenvalue weighted by Gasteiger charge is 2.44. The fraction of sp³-hybridized carbons (Fsp3) is 0.417. The van der Waals surface area contributed by atoms with Gasteiger partial charge in [-0.3, -0.25) is 4.79 Å². The van der Waals surface area contributed by atoms with Gasteiger partial charge in [0.15, 0.2) is 17.6 Å². The molecule has 0 aliphatic carbocycles. The lowest BCUT2D eigenvalue weighted by molar-refractivity contribution is -0.233. The molecule has 1 heterocycles. The molecular weight excluding hydrogens is 279 g/mol. The van der Waals surface area contributed by atoms with Gasteiger partial charge in [0.25, 0.3) is 5.91 Å². The Kier molecular flexibility index (Phi) is 3.76. The van der Waals surface area contributed by atoms with Crippen molar-refractivity contribution in [3.8, 4) is 11.5 Å². The van der Waals surface area contributed by atoms with Crippen molar-refractivity contribution in [1.82, 2.24) is 4.90 Å². The molecule has 0 unspecified atom stereocenters. The number of carbonyl (C=O) groups excluding carboxylic acids is 1. The van der Waals surface area contributed by atoms with Crippen molar-refractivity contribution in [2.45, 2.75) is 12.3 Å². The first-order valence-corrected chi connectivity index (χ1v) is 5.79. The number of rotatable bonds is 1. The van der Waals surface area contributed by atoms with Crippen LogP contribution in [-0.4, -0.2) is 53.0 Å². The van der Waals surface area contributed by atoms with Crippen molar-refractivity contribution in [2.75, 3.05) is 19.7 Å². The zero-order chi connectivity index (χ0) is 14.9. The van der Waals surface area contributed by atoms with Crippen LogP contribution in [0.25, 0.3) is 0 Å². The fourth-order valence-electron chi connectivity index (χ4n) is 1.91. The highest BCUT2D eigenvalue weighted by molar-refractivity contribution is 5.97. The minimum atomic E-state index is -4.56. The summed E-state index contributed by atoms with van der Waals surface area (Å²) in [6.45, 7) is -0.895. The number of nitrogens with zero attached hydrogens (tertiary/aromatic N) is 1. The first-order chi connectivity index (χ1) is 9.30. The van der Waals surface area contributed by atoms with E-state index in [0.29, 0.717) is 0 Å². The van der Waals surface area contributed by atoms with Crippen LogP contribution < -0.4 is 0 Å². The molecule has 1 aromatic rings. The van der Waals surface area contributed by atoms with Gasteiger partial charge in [-0.2, -0.15) is 13.2 Å². The normalized spacial score (nSPS) is 19.9. The number of halogens is 3. The molecule has 0 bridgehead atoms. The third-order valence-electron chi connectivity index (χ3n) is 2.96. The number of ether oxygens (including phenoxy) is 1. The van der Waals surface area contributed by atoms with Crippen LogP contribution in [0.15, 0.2) is 18.2 Å². The van der Waals surface area contributed by atoms with E-state index in [9.17, 15) is 28.2 Å². The molecule has 20 heavy (non-hydrogen) atoms. The van der Waals surface area contributed by atoms with Crippen LogP contribution in [0.1, 0.15) is 10.4 Å². The summed E-state index contributed by atoms with van der Waals surface area (Å²) >= 11 is 0. The van der Waals surface area contributed by atoms with Crippen LogP contribution in [0.3, 0.4) is 0 Å². The molecule has 110 valence electrons. The van der Waals surface area contributed by atoms with Gasteiger partial charge in [-0.05, 0) is 12.1 Å². The van der Waals surface area contributed by atoms with Gasteiger partial charge in [-0.1, -0.05) is 6.07 Å². The number of benzene rings is 1. The monoisotopic (exact) mass is 291 g/mol. The summed E-state index contributed by atoms with van der Waals surface area (Å²) in [6, 6.07) is 3.73. The molecule has 1 fully saturated rings. The van der Waals surface area contributed by atoms with Gasteiger partial charge in [-0.15, -0.1) is 0 Å². The molecule has 5 nitrogen and oxygen atoms in total. The Morgan fingerprint density at radius 2 is 2.05 bits per heavy atom. The van der Waals surface area contributed by atoms with Gasteiger partial charge in [0, 0.05) is 6.54 Å². The zero-order valence-electron chi connectivity index (χ0n) is 10.2. The number of hydrogen-bond acceptors (Lipinski definition) is 4. The van der Waals surface area contributed by atoms with Crippen LogP contribution in [-0.2, 0) is 4.74 Å². The van der Waals surface area contributed by atoms with E-state index in [1.807, 2.05) is 0 Å². The number of phenols is 2. The van der Waals surface area contributed by atoms with E-state index in [2.05, 4.69) is 4.74 Å². The molecule has 2 N–H and O–H groups in total. The van der Waals surface area contributed by atoms with Crippen LogP contribution in [0.4, 0.5) is 13.2 Å². The minimum absolute atomic E-state index is 0.0134. The molecule has 1 aromatic carbocycles. The molecule has 8 heteroatoms. The smallest absolute Gasteiger partial charge is 0.416 e. The Morgan fingerprint density at radius 3 is 2.70 bits per heavy atom. The lowest BCUT2D eigenvalue weighted by Crippen LogP contribution is -2.51. The molecule has 1 aliphatic rings. The standard InChI is InChI=1S/C12H12F3NO4/c13-12(14,15)9-6-16(4-5-20-9)11(19)7-2-1-3-8(17)10(7)18/h1-3,9,17-18H,4-6H2/t9-/m1/s1. The zero-order valence-corrected chi connectivity index (χ0v) is 10.2. The Balaban J connectivity index is 2.19. The second-order valence-corrected chi connectivity index (χ2v) is 4.33. The van der Waals surface area contributed by atoms with Crippen LogP contribution >= 0.6 is 0 Å². The van der Waals surface area contributed by atoms with Crippen molar-refractivity contribution >= 4 is 5.91 Å². The first-order valence-electron chi connectivity index (χ1n) is 5.79. The topological polar surface area (TPSA) is 70.0 Å². The molecule has 1 amide bonds. The Morgan fingerprint density at radius 1 is 1.35 bits per heavy atom. The Bertz CT molecular complexity index is 518. The van der Waals surface area contributed by atoms with E-state index in [1.54, 1.807) is 0 Å². The maximum absolute atomic E-state index is 12.6. The molecule has 2 rings (SSSR count). The molecule has 0 radical (unpaired) electrons. The van der Waals surface area contributed by atoms with Gasteiger partial charge in [-0.25, -0.2) is 0 Å². The van der Waals surface area contributed by atoms with Gasteiger partial charge >= 0.3 is 6.18 Å². The van der Waals surface area contributed by atoms with Gasteiger partial charge in [0.05, 0.1) is 18.7 Å². The number of aromatic hydroxyl groups is 2. The first kappa shape index (κ1) is 14.4. The van der Waals surface area contributed by atoms with Crippen molar-refractivity contribution in [1.29, 1.82) is 0 Å². The summed E-state index contributed by atoms with van der Waals surface area (Å²) in [5, 5.41) is 18.9. The SMILES string of the molecule is O=C(c1cccc(O)c1O)N1CCO[C@@H](C(F)(F)F)C1. The second kappa shape index (κ2) is 5.20. The average molecular weight is 291 g/mol. The maximum atomic E-state index is 12.6. The number of amides is 1. The van der Waals surface area contributed by atoms with E-state index in [-0.39, 0.29) is 18.7 Å². The van der Waals surface area contributed by atoms with E-state index < -0.39 is 36.2 Å². The molecule has 0 saturated carbocycles. The predicted molar refractivity (Wildman–Crippen MR) is 61.5 cm³/mol. The highest BCUT2D eigenvalue weighted by Crippen LogP contribution is 2.31. The van der Waals surface area contributed by atoms with Crippen molar-refractivity contribution in [3.05, 3.63) is 23.8 Å². The number of hydrogen-bond donors (Lipinski definition) is 2. The summed E-state index contributed by atoms with van der Waals surface area (Å²) in [7, 11) is 0. The minimum Gasteiger partial charge on any atom is -0.504 e.